The Morgan fingerprint density at radius 1 is 1.30 bits per heavy atom. The number of nitrogens with zero attached hydrogens (tertiary/aromatic N) is 1. The third-order valence-electron chi connectivity index (χ3n) is 1.35. The Bertz CT molecular complexity index is 201. The molecule has 10 heavy (non-hydrogen) atoms. The fraction of sp³-hybridized carbons (Fsp3) is 0.222. The topological polar surface area (TPSA) is 12.4 Å². The molecule has 0 saturated carbocycles. The van der Waals surface area contributed by atoms with Crippen LogP contribution in [0.2, 0.25) is 0 Å². The molecule has 1 aromatic carbocycles. The van der Waals surface area contributed by atoms with Crippen LogP contribution >= 0.6 is 0 Å². The zero-order valence-corrected chi connectivity index (χ0v) is 6.12. The molecule has 0 heterocycles. The fourth-order valence-corrected chi connectivity index (χ4v) is 0.811. The summed E-state index contributed by atoms with van der Waals surface area (Å²) < 4.78 is 0. The molecule has 52 valence electrons. The van der Waals surface area contributed by atoms with Gasteiger partial charge in [0.25, 0.3) is 0 Å². The zero-order chi connectivity index (χ0) is 7.23. The van der Waals surface area contributed by atoms with Crippen LogP contribution in [-0.2, 0) is 6.42 Å². The predicted molar refractivity (Wildman–Crippen MR) is 44.6 cm³/mol. The highest BCUT2D eigenvalue weighted by atomic mass is 14.6. The fourth-order valence-electron chi connectivity index (χ4n) is 0.811. The van der Waals surface area contributed by atoms with Crippen molar-refractivity contribution in [2.45, 2.75) is 6.42 Å². The van der Waals surface area contributed by atoms with Crippen molar-refractivity contribution in [2.75, 3.05) is 7.05 Å². The first-order chi connectivity index (χ1) is 4.93. The van der Waals surface area contributed by atoms with Gasteiger partial charge in [0.15, 0.2) is 0 Å². The van der Waals surface area contributed by atoms with Crippen LogP contribution < -0.4 is 0 Å². The molecular weight excluding hydrogens is 122 g/mol. The Kier molecular flexibility index (Phi) is 2.68. The Hall–Kier alpha value is -1.11. The summed E-state index contributed by atoms with van der Waals surface area (Å²) in [6.45, 7) is 0. The first-order valence-electron chi connectivity index (χ1n) is 3.38. The lowest BCUT2D eigenvalue weighted by Gasteiger charge is -1.91. The van der Waals surface area contributed by atoms with Gasteiger partial charge in [-0.05, 0) is 5.56 Å². The molecule has 0 amide bonds. The molecular formula is C9H11N. The highest BCUT2D eigenvalue weighted by Crippen LogP contribution is 1.96. The molecule has 1 heteroatoms. The Balaban J connectivity index is 2.59. The molecule has 0 unspecified atom stereocenters. The summed E-state index contributed by atoms with van der Waals surface area (Å²) in [7, 11) is 1.79. The number of hydrogen-bond donors (Lipinski definition) is 0. The Morgan fingerprint density at radius 3 is 2.60 bits per heavy atom. The lowest BCUT2D eigenvalue weighted by Crippen LogP contribution is -1.83. The van der Waals surface area contributed by atoms with E-state index in [1.807, 2.05) is 24.4 Å². The van der Waals surface area contributed by atoms with Gasteiger partial charge in [-0.15, -0.1) is 0 Å². The van der Waals surface area contributed by atoms with Crippen LogP contribution in [0.25, 0.3) is 0 Å². The maximum absolute atomic E-state index is 3.91. The zero-order valence-electron chi connectivity index (χ0n) is 6.12. The van der Waals surface area contributed by atoms with Gasteiger partial charge in [-0.3, -0.25) is 0 Å². The SMILES string of the molecule is C/N=C/Cc1ccccc1. The van der Waals surface area contributed by atoms with Crippen molar-refractivity contribution in [1.82, 2.24) is 0 Å². The van der Waals surface area contributed by atoms with Gasteiger partial charge < -0.3 is 4.99 Å². The van der Waals surface area contributed by atoms with Crippen molar-refractivity contribution in [3.05, 3.63) is 35.9 Å². The van der Waals surface area contributed by atoms with Crippen LogP contribution in [0.3, 0.4) is 0 Å². The van der Waals surface area contributed by atoms with E-state index in [1.54, 1.807) is 7.05 Å². The minimum Gasteiger partial charge on any atom is -0.301 e. The molecule has 0 radical (unpaired) electrons. The molecule has 0 spiro atoms. The molecule has 1 nitrogen and oxygen atoms in total. The van der Waals surface area contributed by atoms with Crippen LogP contribution in [-0.4, -0.2) is 13.3 Å². The molecule has 0 N–H and O–H groups in total. The number of benzene rings is 1. The summed E-state index contributed by atoms with van der Waals surface area (Å²) in [6, 6.07) is 10.3. The van der Waals surface area contributed by atoms with Crippen molar-refractivity contribution in [1.29, 1.82) is 0 Å². The predicted octanol–water partition coefficient (Wildman–Crippen LogP) is 1.93. The van der Waals surface area contributed by atoms with Gasteiger partial charge >= 0.3 is 0 Å². The molecule has 0 fully saturated rings. The summed E-state index contributed by atoms with van der Waals surface area (Å²) in [5.74, 6) is 0. The van der Waals surface area contributed by atoms with Crippen LogP contribution in [0.1, 0.15) is 5.56 Å². The smallest absolute Gasteiger partial charge is 0.0273 e. The number of rotatable bonds is 2. The maximum Gasteiger partial charge on any atom is 0.0273 e. The second-order valence-corrected chi connectivity index (χ2v) is 2.13. The van der Waals surface area contributed by atoms with Gasteiger partial charge in [-0.25, -0.2) is 0 Å². The lowest BCUT2D eigenvalue weighted by atomic mass is 10.2. The monoisotopic (exact) mass is 133 g/mol. The van der Waals surface area contributed by atoms with E-state index in [9.17, 15) is 0 Å². The summed E-state index contributed by atoms with van der Waals surface area (Å²) in [5, 5.41) is 0. The first-order valence-corrected chi connectivity index (χ1v) is 3.38. The van der Waals surface area contributed by atoms with E-state index in [1.165, 1.54) is 5.56 Å². The van der Waals surface area contributed by atoms with Crippen LogP contribution in [0, 0.1) is 0 Å². The summed E-state index contributed by atoms with van der Waals surface area (Å²) in [4.78, 5) is 3.91. The van der Waals surface area contributed by atoms with Crippen LogP contribution in [0.4, 0.5) is 0 Å². The van der Waals surface area contributed by atoms with Crippen molar-refractivity contribution >= 4 is 6.21 Å². The molecule has 0 aliphatic rings. The van der Waals surface area contributed by atoms with Gasteiger partial charge in [0.2, 0.25) is 0 Å². The third kappa shape index (κ3) is 2.02. The van der Waals surface area contributed by atoms with E-state index in [2.05, 4.69) is 17.1 Å². The average Bonchev–Trinajstić information content (AvgIpc) is 2.03. The van der Waals surface area contributed by atoms with Crippen LogP contribution in [0.5, 0.6) is 0 Å². The molecule has 0 atom stereocenters. The molecule has 0 aliphatic heterocycles. The second kappa shape index (κ2) is 3.83. The van der Waals surface area contributed by atoms with Crippen molar-refractivity contribution < 1.29 is 0 Å². The van der Waals surface area contributed by atoms with E-state index >= 15 is 0 Å². The van der Waals surface area contributed by atoms with E-state index in [4.69, 9.17) is 0 Å². The second-order valence-electron chi connectivity index (χ2n) is 2.13. The lowest BCUT2D eigenvalue weighted by molar-refractivity contribution is 1.32. The van der Waals surface area contributed by atoms with Gasteiger partial charge in [0.1, 0.15) is 0 Å². The van der Waals surface area contributed by atoms with Gasteiger partial charge in [0, 0.05) is 19.7 Å². The maximum atomic E-state index is 3.91. The van der Waals surface area contributed by atoms with Gasteiger partial charge in [-0.2, -0.15) is 0 Å². The van der Waals surface area contributed by atoms with Gasteiger partial charge in [-0.1, -0.05) is 30.3 Å². The minimum atomic E-state index is 0.942. The summed E-state index contributed by atoms with van der Waals surface area (Å²) in [6.07, 6.45) is 2.85. The quantitative estimate of drug-likeness (QED) is 0.547. The number of aliphatic imine (C=N–C) groups is 1. The highest BCUT2D eigenvalue weighted by molar-refractivity contribution is 5.61. The van der Waals surface area contributed by atoms with E-state index in [0.29, 0.717) is 0 Å². The third-order valence-corrected chi connectivity index (χ3v) is 1.35. The van der Waals surface area contributed by atoms with Crippen LogP contribution in [0.15, 0.2) is 35.3 Å². The Morgan fingerprint density at radius 2 is 2.00 bits per heavy atom. The molecule has 0 saturated heterocycles. The number of hydrogen-bond acceptors (Lipinski definition) is 1. The standard InChI is InChI=1S/C9H11N/c1-10-8-7-9-5-3-2-4-6-9/h2-6,8H,7H2,1H3/b10-8+. The molecule has 1 aromatic rings. The molecule has 0 aromatic heterocycles. The first kappa shape index (κ1) is 7.00. The van der Waals surface area contributed by atoms with Crippen molar-refractivity contribution in [3.8, 4) is 0 Å². The minimum absolute atomic E-state index is 0.942. The van der Waals surface area contributed by atoms with Gasteiger partial charge in [0.05, 0.1) is 0 Å². The Labute approximate surface area is 61.4 Å². The summed E-state index contributed by atoms with van der Waals surface area (Å²) >= 11 is 0. The largest absolute Gasteiger partial charge is 0.301 e. The van der Waals surface area contributed by atoms with E-state index in [-0.39, 0.29) is 0 Å². The molecule has 0 bridgehead atoms. The van der Waals surface area contributed by atoms with Crippen molar-refractivity contribution in [3.63, 3.8) is 0 Å². The van der Waals surface area contributed by atoms with Crippen molar-refractivity contribution in [2.24, 2.45) is 4.99 Å². The molecule has 0 aliphatic carbocycles. The highest BCUT2D eigenvalue weighted by Gasteiger charge is 1.83. The summed E-state index contributed by atoms with van der Waals surface area (Å²) in [5.41, 5.74) is 1.31. The normalized spacial score (nSPS) is 10.5. The van der Waals surface area contributed by atoms with E-state index in [0.717, 1.165) is 6.42 Å². The average molecular weight is 133 g/mol. The molecule has 1 rings (SSSR count). The van der Waals surface area contributed by atoms with E-state index < -0.39 is 0 Å².